The van der Waals surface area contributed by atoms with Crippen molar-refractivity contribution in [1.82, 2.24) is 24.7 Å². The molecule has 0 unspecified atom stereocenters. The second-order valence-corrected chi connectivity index (χ2v) is 8.79. The van der Waals surface area contributed by atoms with E-state index in [1.807, 2.05) is 57.4 Å². The standard InChI is InChI=1S/C26H27N7O2/c1-15-10-22(27-12-16(15)2)31-23-11-21(19(13-28-23)24(34)17-8-9-17)30-20-7-5-6-18(25(20)35-4)26-29-14-33(3)32-26/h5-7,10-14,17H,8-9H2,1-4H3,(H2,27,28,30,31). The Morgan fingerprint density at radius 3 is 2.46 bits per heavy atom. The molecule has 1 aliphatic carbocycles. The Kier molecular flexibility index (Phi) is 5.90. The van der Waals surface area contributed by atoms with Crippen molar-refractivity contribution in [1.29, 1.82) is 0 Å². The van der Waals surface area contributed by atoms with E-state index in [4.69, 9.17) is 4.74 Å². The Balaban J connectivity index is 1.53. The minimum absolute atomic E-state index is 0.0588. The summed E-state index contributed by atoms with van der Waals surface area (Å²) in [5.41, 5.74) is 4.89. The molecule has 0 radical (unpaired) electrons. The SMILES string of the molecule is COc1c(Nc2cc(Nc3cc(C)c(C)cn3)ncc2C(=O)C2CC2)cccc1-c1ncn(C)n1. The number of hydrogen-bond acceptors (Lipinski definition) is 8. The Morgan fingerprint density at radius 2 is 1.77 bits per heavy atom. The molecule has 4 aromatic rings. The monoisotopic (exact) mass is 469 g/mol. The highest BCUT2D eigenvalue weighted by atomic mass is 16.5. The van der Waals surface area contributed by atoms with Crippen molar-refractivity contribution in [2.45, 2.75) is 26.7 Å². The summed E-state index contributed by atoms with van der Waals surface area (Å²) in [6, 6.07) is 9.51. The first-order valence-corrected chi connectivity index (χ1v) is 11.5. The van der Waals surface area contributed by atoms with Crippen LogP contribution in [0.15, 0.2) is 49.1 Å². The van der Waals surface area contributed by atoms with Crippen LogP contribution < -0.4 is 15.4 Å². The van der Waals surface area contributed by atoms with Crippen LogP contribution in [0.1, 0.15) is 34.3 Å². The van der Waals surface area contributed by atoms with Crippen LogP contribution in [0.5, 0.6) is 5.75 Å². The zero-order chi connectivity index (χ0) is 24.5. The van der Waals surface area contributed by atoms with Gasteiger partial charge in [-0.1, -0.05) is 6.07 Å². The molecule has 3 aromatic heterocycles. The number of carbonyl (C=O) groups excluding carboxylic acids is 1. The predicted molar refractivity (Wildman–Crippen MR) is 135 cm³/mol. The van der Waals surface area contributed by atoms with Crippen molar-refractivity contribution < 1.29 is 9.53 Å². The average Bonchev–Trinajstić information content (AvgIpc) is 3.61. The third kappa shape index (κ3) is 4.70. The molecule has 0 atom stereocenters. The first-order chi connectivity index (χ1) is 16.9. The largest absolute Gasteiger partial charge is 0.494 e. The molecule has 35 heavy (non-hydrogen) atoms. The van der Waals surface area contributed by atoms with E-state index in [1.165, 1.54) is 0 Å². The number of aromatic nitrogens is 5. The van der Waals surface area contributed by atoms with Gasteiger partial charge in [0.15, 0.2) is 17.4 Å². The van der Waals surface area contributed by atoms with Gasteiger partial charge in [0.25, 0.3) is 0 Å². The van der Waals surface area contributed by atoms with Gasteiger partial charge in [-0.2, -0.15) is 5.10 Å². The molecule has 9 heteroatoms. The van der Waals surface area contributed by atoms with Crippen LogP contribution in [-0.2, 0) is 7.05 Å². The average molecular weight is 470 g/mol. The number of methoxy groups -OCH3 is 1. The summed E-state index contributed by atoms with van der Waals surface area (Å²) in [6.45, 7) is 4.06. The number of nitrogens with zero attached hydrogens (tertiary/aromatic N) is 5. The normalized spacial score (nSPS) is 12.9. The number of para-hydroxylation sites is 1. The molecule has 0 aliphatic heterocycles. The Hall–Kier alpha value is -4.27. The number of ketones is 1. The number of benzene rings is 1. The predicted octanol–water partition coefficient (Wildman–Crippen LogP) is 4.98. The third-order valence-electron chi connectivity index (χ3n) is 6.08. The highest BCUT2D eigenvalue weighted by Gasteiger charge is 2.32. The van der Waals surface area contributed by atoms with Crippen LogP contribution >= 0.6 is 0 Å². The number of nitrogens with one attached hydrogen (secondary N) is 2. The Labute approximate surface area is 203 Å². The molecule has 0 spiro atoms. The van der Waals surface area contributed by atoms with Crippen molar-refractivity contribution in [2.24, 2.45) is 13.0 Å². The summed E-state index contributed by atoms with van der Waals surface area (Å²) < 4.78 is 7.39. The minimum atomic E-state index is 0.0588. The number of rotatable bonds is 8. The highest BCUT2D eigenvalue weighted by Crippen LogP contribution is 2.39. The first kappa shape index (κ1) is 22.5. The van der Waals surface area contributed by atoms with E-state index >= 15 is 0 Å². The quantitative estimate of drug-likeness (QED) is 0.348. The molecule has 0 amide bonds. The lowest BCUT2D eigenvalue weighted by Gasteiger charge is -2.17. The van der Waals surface area contributed by atoms with Gasteiger partial charge in [0.1, 0.15) is 18.0 Å². The molecule has 3 heterocycles. The molecule has 2 N–H and O–H groups in total. The van der Waals surface area contributed by atoms with Gasteiger partial charge in [0, 0.05) is 31.4 Å². The van der Waals surface area contributed by atoms with Crippen LogP contribution in [0.25, 0.3) is 11.4 Å². The van der Waals surface area contributed by atoms with E-state index in [0.717, 1.165) is 29.5 Å². The van der Waals surface area contributed by atoms with Crippen molar-refractivity contribution in [3.05, 3.63) is 65.7 Å². The van der Waals surface area contributed by atoms with Crippen molar-refractivity contribution in [3.8, 4) is 17.1 Å². The van der Waals surface area contributed by atoms with E-state index in [2.05, 4.69) is 30.7 Å². The number of anilines is 4. The fraction of sp³-hybridized carbons (Fsp3) is 0.269. The minimum Gasteiger partial charge on any atom is -0.494 e. The summed E-state index contributed by atoms with van der Waals surface area (Å²) in [5.74, 6) is 2.57. The molecule has 1 saturated carbocycles. The highest BCUT2D eigenvalue weighted by molar-refractivity contribution is 6.04. The first-order valence-electron chi connectivity index (χ1n) is 11.5. The molecule has 178 valence electrons. The van der Waals surface area contributed by atoms with Crippen LogP contribution in [0.3, 0.4) is 0 Å². The van der Waals surface area contributed by atoms with E-state index in [9.17, 15) is 4.79 Å². The summed E-state index contributed by atoms with van der Waals surface area (Å²) in [4.78, 5) is 26.4. The summed E-state index contributed by atoms with van der Waals surface area (Å²) in [7, 11) is 3.42. The summed E-state index contributed by atoms with van der Waals surface area (Å²) in [6.07, 6.45) is 6.92. The molecular formula is C26H27N7O2. The molecule has 0 bridgehead atoms. The topological polar surface area (TPSA) is 107 Å². The fourth-order valence-electron chi connectivity index (χ4n) is 3.85. The lowest BCUT2D eigenvalue weighted by atomic mass is 10.1. The van der Waals surface area contributed by atoms with Crippen LogP contribution in [0.4, 0.5) is 23.0 Å². The maximum absolute atomic E-state index is 13.0. The van der Waals surface area contributed by atoms with Gasteiger partial charge in [-0.05, 0) is 56.0 Å². The fourth-order valence-corrected chi connectivity index (χ4v) is 3.85. The van der Waals surface area contributed by atoms with Gasteiger partial charge >= 0.3 is 0 Å². The molecule has 1 aliphatic rings. The van der Waals surface area contributed by atoms with Gasteiger partial charge < -0.3 is 15.4 Å². The Morgan fingerprint density at radius 1 is 1.00 bits per heavy atom. The summed E-state index contributed by atoms with van der Waals surface area (Å²) in [5, 5.41) is 11.1. The molecule has 9 nitrogen and oxygen atoms in total. The van der Waals surface area contributed by atoms with Gasteiger partial charge in [-0.3, -0.25) is 9.48 Å². The number of pyridine rings is 2. The lowest BCUT2D eigenvalue weighted by Crippen LogP contribution is -2.09. The van der Waals surface area contributed by atoms with Crippen LogP contribution in [-0.4, -0.2) is 37.6 Å². The van der Waals surface area contributed by atoms with Crippen LogP contribution in [0.2, 0.25) is 0 Å². The maximum Gasteiger partial charge on any atom is 0.184 e. The second-order valence-electron chi connectivity index (χ2n) is 8.79. The smallest absolute Gasteiger partial charge is 0.184 e. The number of Topliss-reactive ketones (excluding diaryl/α,β-unsaturated/α-hetero) is 1. The van der Waals surface area contributed by atoms with E-state index in [-0.39, 0.29) is 11.7 Å². The van der Waals surface area contributed by atoms with Crippen molar-refractivity contribution >= 4 is 28.8 Å². The number of ether oxygens (including phenoxy) is 1. The van der Waals surface area contributed by atoms with Gasteiger partial charge in [-0.25, -0.2) is 15.0 Å². The van der Waals surface area contributed by atoms with Crippen molar-refractivity contribution in [3.63, 3.8) is 0 Å². The van der Waals surface area contributed by atoms with Gasteiger partial charge in [0.05, 0.1) is 29.6 Å². The van der Waals surface area contributed by atoms with Crippen molar-refractivity contribution in [2.75, 3.05) is 17.7 Å². The maximum atomic E-state index is 13.0. The van der Waals surface area contributed by atoms with Gasteiger partial charge in [-0.15, -0.1) is 0 Å². The zero-order valence-electron chi connectivity index (χ0n) is 20.2. The number of carbonyl (C=O) groups is 1. The number of hydrogen-bond donors (Lipinski definition) is 2. The molecule has 5 rings (SSSR count). The van der Waals surface area contributed by atoms with E-state index in [1.54, 1.807) is 24.3 Å². The Bertz CT molecular complexity index is 1410. The zero-order valence-corrected chi connectivity index (χ0v) is 20.2. The van der Waals surface area contributed by atoms with Gasteiger partial charge in [0.2, 0.25) is 0 Å². The number of aryl methyl sites for hydroxylation is 3. The molecular weight excluding hydrogens is 442 g/mol. The molecule has 1 fully saturated rings. The molecule has 0 saturated heterocycles. The molecule has 1 aromatic carbocycles. The lowest BCUT2D eigenvalue weighted by molar-refractivity contribution is 0.0968. The summed E-state index contributed by atoms with van der Waals surface area (Å²) >= 11 is 0. The van der Waals surface area contributed by atoms with E-state index in [0.29, 0.717) is 40.1 Å². The van der Waals surface area contributed by atoms with E-state index < -0.39 is 0 Å². The third-order valence-corrected chi connectivity index (χ3v) is 6.08. The second kappa shape index (κ2) is 9.17. The van der Waals surface area contributed by atoms with Crippen LogP contribution in [0, 0.1) is 19.8 Å².